The van der Waals surface area contributed by atoms with Crippen LogP contribution in [0.25, 0.3) is 5.69 Å². The first kappa shape index (κ1) is 15.3. The standard InChI is InChI=1S/C16H20FN3O/c1-11-8-13(9-19(3)10-16(18)21)12(2)20(11)15-6-4-14(17)5-7-15/h4-8H,9-10H2,1-3H3,(H2,18,21). The second-order valence-corrected chi connectivity index (χ2v) is 5.35. The van der Waals surface area contributed by atoms with Gasteiger partial charge < -0.3 is 10.3 Å². The molecule has 2 N–H and O–H groups in total. The third kappa shape index (κ3) is 3.49. The van der Waals surface area contributed by atoms with E-state index in [9.17, 15) is 9.18 Å². The van der Waals surface area contributed by atoms with Crippen LogP contribution >= 0.6 is 0 Å². The van der Waals surface area contributed by atoms with E-state index >= 15 is 0 Å². The van der Waals surface area contributed by atoms with E-state index in [1.165, 1.54) is 12.1 Å². The number of halogens is 1. The predicted molar refractivity (Wildman–Crippen MR) is 80.7 cm³/mol. The summed E-state index contributed by atoms with van der Waals surface area (Å²) in [6.07, 6.45) is 0. The quantitative estimate of drug-likeness (QED) is 0.917. The first-order chi connectivity index (χ1) is 9.88. The zero-order valence-corrected chi connectivity index (χ0v) is 12.6. The average Bonchev–Trinajstić information content (AvgIpc) is 2.65. The van der Waals surface area contributed by atoms with Gasteiger partial charge in [0.25, 0.3) is 0 Å². The number of nitrogens with zero attached hydrogens (tertiary/aromatic N) is 2. The van der Waals surface area contributed by atoms with Gasteiger partial charge >= 0.3 is 0 Å². The fraction of sp³-hybridized carbons (Fsp3) is 0.312. The Balaban J connectivity index is 2.29. The van der Waals surface area contributed by atoms with E-state index in [1.54, 1.807) is 12.1 Å². The second-order valence-electron chi connectivity index (χ2n) is 5.35. The molecule has 1 heterocycles. The van der Waals surface area contributed by atoms with Crippen LogP contribution in [0, 0.1) is 19.7 Å². The minimum Gasteiger partial charge on any atom is -0.369 e. The largest absolute Gasteiger partial charge is 0.369 e. The van der Waals surface area contributed by atoms with E-state index in [1.807, 2.05) is 25.8 Å². The van der Waals surface area contributed by atoms with Crippen molar-refractivity contribution >= 4 is 5.91 Å². The molecular weight excluding hydrogens is 269 g/mol. The normalized spacial score (nSPS) is 11.1. The molecule has 0 aliphatic carbocycles. The Morgan fingerprint density at radius 2 is 1.90 bits per heavy atom. The summed E-state index contributed by atoms with van der Waals surface area (Å²) < 4.78 is 15.1. The number of likely N-dealkylation sites (N-methyl/N-ethyl adjacent to an activating group) is 1. The Morgan fingerprint density at radius 1 is 1.29 bits per heavy atom. The highest BCUT2D eigenvalue weighted by Crippen LogP contribution is 2.22. The van der Waals surface area contributed by atoms with Crippen molar-refractivity contribution in [1.82, 2.24) is 9.47 Å². The number of aryl methyl sites for hydroxylation is 1. The summed E-state index contributed by atoms with van der Waals surface area (Å²) in [5.41, 5.74) is 9.41. The number of carbonyl (C=O) groups is 1. The van der Waals surface area contributed by atoms with Crippen LogP contribution in [0.2, 0.25) is 0 Å². The highest BCUT2D eigenvalue weighted by molar-refractivity contribution is 5.75. The monoisotopic (exact) mass is 289 g/mol. The van der Waals surface area contributed by atoms with Crippen LogP contribution in [-0.4, -0.2) is 29.0 Å². The van der Waals surface area contributed by atoms with Gasteiger partial charge in [0.2, 0.25) is 5.91 Å². The third-order valence-corrected chi connectivity index (χ3v) is 3.49. The fourth-order valence-corrected chi connectivity index (χ4v) is 2.59. The summed E-state index contributed by atoms with van der Waals surface area (Å²) in [5, 5.41) is 0. The molecule has 5 heteroatoms. The number of primary amides is 1. The SMILES string of the molecule is Cc1cc(CN(C)CC(N)=O)c(C)n1-c1ccc(F)cc1. The second kappa shape index (κ2) is 6.10. The Bertz CT molecular complexity index is 646. The maximum atomic E-state index is 13.0. The molecule has 0 saturated carbocycles. The molecule has 0 unspecified atom stereocenters. The molecule has 2 aromatic rings. The number of amides is 1. The van der Waals surface area contributed by atoms with Crippen molar-refractivity contribution in [3.63, 3.8) is 0 Å². The molecule has 0 aliphatic heterocycles. The van der Waals surface area contributed by atoms with Gasteiger partial charge in [0, 0.05) is 23.6 Å². The number of hydrogen-bond acceptors (Lipinski definition) is 2. The molecular formula is C16H20FN3O. The Labute approximate surface area is 124 Å². The molecule has 0 aliphatic rings. The first-order valence-corrected chi connectivity index (χ1v) is 6.79. The van der Waals surface area contributed by atoms with E-state index in [0.29, 0.717) is 6.54 Å². The Kier molecular flexibility index (Phi) is 4.43. The highest BCUT2D eigenvalue weighted by Gasteiger charge is 2.13. The van der Waals surface area contributed by atoms with Crippen molar-refractivity contribution in [2.24, 2.45) is 5.73 Å². The van der Waals surface area contributed by atoms with E-state index in [-0.39, 0.29) is 18.3 Å². The Morgan fingerprint density at radius 3 is 2.48 bits per heavy atom. The maximum Gasteiger partial charge on any atom is 0.231 e. The van der Waals surface area contributed by atoms with Crippen LogP contribution in [0.5, 0.6) is 0 Å². The van der Waals surface area contributed by atoms with Crippen molar-refractivity contribution in [1.29, 1.82) is 0 Å². The van der Waals surface area contributed by atoms with Crippen molar-refractivity contribution in [2.75, 3.05) is 13.6 Å². The summed E-state index contributed by atoms with van der Waals surface area (Å²) in [6.45, 7) is 4.89. The molecule has 1 aromatic heterocycles. The number of hydrogen-bond donors (Lipinski definition) is 1. The highest BCUT2D eigenvalue weighted by atomic mass is 19.1. The zero-order chi connectivity index (χ0) is 15.6. The number of aromatic nitrogens is 1. The first-order valence-electron chi connectivity index (χ1n) is 6.79. The minimum atomic E-state index is -0.343. The Hall–Kier alpha value is -2.14. The lowest BCUT2D eigenvalue weighted by Gasteiger charge is -2.15. The molecule has 0 radical (unpaired) electrons. The summed E-state index contributed by atoms with van der Waals surface area (Å²) in [6, 6.07) is 8.49. The molecule has 0 saturated heterocycles. The lowest BCUT2D eigenvalue weighted by Crippen LogP contribution is -2.30. The van der Waals surface area contributed by atoms with Gasteiger partial charge in [-0.3, -0.25) is 9.69 Å². The molecule has 0 atom stereocenters. The summed E-state index contributed by atoms with van der Waals surface area (Å²) in [4.78, 5) is 12.8. The van der Waals surface area contributed by atoms with Crippen molar-refractivity contribution in [2.45, 2.75) is 20.4 Å². The molecule has 4 nitrogen and oxygen atoms in total. The van der Waals surface area contributed by atoms with Crippen LogP contribution in [-0.2, 0) is 11.3 Å². The zero-order valence-electron chi connectivity index (χ0n) is 12.6. The average molecular weight is 289 g/mol. The molecule has 0 fully saturated rings. The van der Waals surface area contributed by atoms with Gasteiger partial charge in [-0.1, -0.05) is 0 Å². The van der Waals surface area contributed by atoms with Gasteiger partial charge in [0.15, 0.2) is 0 Å². The molecule has 1 aromatic carbocycles. The molecule has 0 bridgehead atoms. The smallest absolute Gasteiger partial charge is 0.231 e. The summed E-state index contributed by atoms with van der Waals surface area (Å²) >= 11 is 0. The molecule has 112 valence electrons. The molecule has 0 spiro atoms. The molecule has 2 rings (SSSR count). The number of benzene rings is 1. The fourth-order valence-electron chi connectivity index (χ4n) is 2.59. The van der Waals surface area contributed by atoms with E-state index in [0.717, 1.165) is 22.6 Å². The van der Waals surface area contributed by atoms with Gasteiger partial charge in [-0.15, -0.1) is 0 Å². The van der Waals surface area contributed by atoms with Gasteiger partial charge in [0.1, 0.15) is 5.82 Å². The third-order valence-electron chi connectivity index (χ3n) is 3.49. The molecule has 21 heavy (non-hydrogen) atoms. The summed E-state index contributed by atoms with van der Waals surface area (Å²) in [5.74, 6) is -0.590. The van der Waals surface area contributed by atoms with E-state index in [2.05, 4.69) is 10.6 Å². The van der Waals surface area contributed by atoms with Crippen molar-refractivity contribution in [3.8, 4) is 5.69 Å². The van der Waals surface area contributed by atoms with Gasteiger partial charge in [-0.2, -0.15) is 0 Å². The van der Waals surface area contributed by atoms with Gasteiger partial charge in [-0.05, 0) is 56.8 Å². The van der Waals surface area contributed by atoms with Crippen LogP contribution in [0.1, 0.15) is 17.0 Å². The van der Waals surface area contributed by atoms with Crippen LogP contribution in [0.4, 0.5) is 4.39 Å². The van der Waals surface area contributed by atoms with Crippen LogP contribution in [0.3, 0.4) is 0 Å². The summed E-state index contributed by atoms with van der Waals surface area (Å²) in [7, 11) is 1.86. The van der Waals surface area contributed by atoms with Crippen molar-refractivity contribution < 1.29 is 9.18 Å². The van der Waals surface area contributed by atoms with Gasteiger partial charge in [-0.25, -0.2) is 4.39 Å². The lowest BCUT2D eigenvalue weighted by molar-refractivity contribution is -0.118. The van der Waals surface area contributed by atoms with Crippen molar-refractivity contribution in [3.05, 3.63) is 53.1 Å². The van der Waals surface area contributed by atoms with Crippen LogP contribution in [0.15, 0.2) is 30.3 Å². The topological polar surface area (TPSA) is 51.3 Å². The predicted octanol–water partition coefficient (Wildman–Crippen LogP) is 2.15. The number of carbonyl (C=O) groups excluding carboxylic acids is 1. The van der Waals surface area contributed by atoms with Crippen LogP contribution < -0.4 is 5.73 Å². The number of nitrogens with two attached hydrogens (primary N) is 1. The maximum absolute atomic E-state index is 13.0. The minimum absolute atomic E-state index is 0.222. The van der Waals surface area contributed by atoms with E-state index < -0.39 is 0 Å². The lowest BCUT2D eigenvalue weighted by atomic mass is 10.2. The van der Waals surface area contributed by atoms with E-state index in [4.69, 9.17) is 5.73 Å². The number of rotatable bonds is 5. The molecule has 1 amide bonds. The van der Waals surface area contributed by atoms with Gasteiger partial charge in [0.05, 0.1) is 6.54 Å².